The Balaban J connectivity index is 1.65. The topological polar surface area (TPSA) is 77.1 Å². The second kappa shape index (κ2) is 5.85. The van der Waals surface area contributed by atoms with Gasteiger partial charge >= 0.3 is 0 Å². The SMILES string of the molecule is CSC(=O)N1Cc2c(-c3noc(C4CC4)n3)ncn2-c2cccc(Cl)c21. The van der Waals surface area contributed by atoms with E-state index in [0.29, 0.717) is 40.6 Å². The standard InChI is InChI=1S/C17H14ClN5O2S/c1-26-17(24)22-7-12-13(15-20-16(25-21-15)9-5-6-9)19-8-23(12)11-4-2-3-10(18)14(11)22/h2-4,8-9H,5-7H2,1H3. The lowest BCUT2D eigenvalue weighted by molar-refractivity contribution is 0.264. The molecule has 1 aliphatic carbocycles. The van der Waals surface area contributed by atoms with E-state index in [1.54, 1.807) is 23.5 Å². The molecule has 0 saturated heterocycles. The van der Waals surface area contributed by atoms with E-state index in [4.69, 9.17) is 16.1 Å². The van der Waals surface area contributed by atoms with Crippen LogP contribution in [0.3, 0.4) is 0 Å². The van der Waals surface area contributed by atoms with Crippen LogP contribution >= 0.6 is 23.4 Å². The van der Waals surface area contributed by atoms with E-state index in [1.165, 1.54) is 0 Å². The normalized spacial score (nSPS) is 15.7. The van der Waals surface area contributed by atoms with Crippen LogP contribution in [0.1, 0.15) is 30.3 Å². The lowest BCUT2D eigenvalue weighted by Crippen LogP contribution is -2.32. The molecule has 5 rings (SSSR count). The van der Waals surface area contributed by atoms with Crippen LogP contribution in [0.25, 0.3) is 17.2 Å². The van der Waals surface area contributed by atoms with Gasteiger partial charge in [0, 0.05) is 5.92 Å². The number of halogens is 1. The fraction of sp³-hybridized carbons (Fsp3) is 0.294. The average molecular weight is 388 g/mol. The molecule has 1 aromatic carbocycles. The number of fused-ring (bicyclic) bond motifs is 3. The van der Waals surface area contributed by atoms with Crippen molar-refractivity contribution in [2.45, 2.75) is 25.3 Å². The Kier molecular flexibility index (Phi) is 3.58. The van der Waals surface area contributed by atoms with Crippen LogP contribution in [0.2, 0.25) is 5.02 Å². The van der Waals surface area contributed by atoms with Crippen molar-refractivity contribution in [3.63, 3.8) is 0 Å². The van der Waals surface area contributed by atoms with E-state index in [-0.39, 0.29) is 5.24 Å². The molecular weight excluding hydrogens is 374 g/mol. The Morgan fingerprint density at radius 3 is 3.00 bits per heavy atom. The predicted octanol–water partition coefficient (Wildman–Crippen LogP) is 4.26. The Morgan fingerprint density at radius 2 is 2.23 bits per heavy atom. The first-order valence-electron chi connectivity index (χ1n) is 8.22. The van der Waals surface area contributed by atoms with Crippen molar-refractivity contribution in [3.05, 3.63) is 41.1 Å². The predicted molar refractivity (Wildman–Crippen MR) is 98.9 cm³/mol. The summed E-state index contributed by atoms with van der Waals surface area (Å²) < 4.78 is 7.31. The van der Waals surface area contributed by atoms with Gasteiger partial charge in [-0.2, -0.15) is 4.98 Å². The molecular formula is C17H14ClN5O2S. The molecule has 1 saturated carbocycles. The van der Waals surface area contributed by atoms with Gasteiger partial charge in [0.25, 0.3) is 5.24 Å². The maximum atomic E-state index is 12.5. The minimum Gasteiger partial charge on any atom is -0.339 e. The van der Waals surface area contributed by atoms with Crippen molar-refractivity contribution in [1.29, 1.82) is 0 Å². The van der Waals surface area contributed by atoms with E-state index < -0.39 is 0 Å². The average Bonchev–Trinajstić information content (AvgIpc) is 3.23. The fourth-order valence-corrected chi connectivity index (χ4v) is 3.85. The summed E-state index contributed by atoms with van der Waals surface area (Å²) in [4.78, 5) is 23.2. The quantitative estimate of drug-likeness (QED) is 0.654. The van der Waals surface area contributed by atoms with E-state index in [2.05, 4.69) is 15.1 Å². The van der Waals surface area contributed by atoms with Gasteiger partial charge in [0.1, 0.15) is 12.0 Å². The largest absolute Gasteiger partial charge is 0.339 e. The van der Waals surface area contributed by atoms with Gasteiger partial charge in [-0.1, -0.05) is 34.6 Å². The number of anilines is 1. The molecule has 2 aromatic heterocycles. The molecule has 3 aromatic rings. The molecule has 0 N–H and O–H groups in total. The Hall–Kier alpha value is -2.32. The Labute approximate surface area is 158 Å². The number of carbonyl (C=O) groups is 1. The highest BCUT2D eigenvalue weighted by molar-refractivity contribution is 8.13. The number of imidazole rings is 1. The van der Waals surface area contributed by atoms with Crippen LogP contribution < -0.4 is 4.90 Å². The van der Waals surface area contributed by atoms with Gasteiger partial charge in [0.05, 0.1) is 28.6 Å². The summed E-state index contributed by atoms with van der Waals surface area (Å²) in [6, 6.07) is 5.56. The molecule has 3 heterocycles. The lowest BCUT2D eigenvalue weighted by atomic mass is 10.1. The molecule has 0 unspecified atom stereocenters. The number of carbonyl (C=O) groups excluding carboxylic acids is 1. The zero-order valence-corrected chi connectivity index (χ0v) is 15.4. The third kappa shape index (κ3) is 2.36. The number of thioether (sulfide) groups is 1. The molecule has 132 valence electrons. The van der Waals surface area contributed by atoms with E-state index >= 15 is 0 Å². The van der Waals surface area contributed by atoms with Gasteiger partial charge in [-0.15, -0.1) is 0 Å². The van der Waals surface area contributed by atoms with Crippen molar-refractivity contribution >= 4 is 34.3 Å². The second-order valence-corrected chi connectivity index (χ2v) is 7.47. The number of aromatic nitrogens is 4. The third-order valence-corrected chi connectivity index (χ3v) is 5.52. The number of para-hydroxylation sites is 1. The minimum absolute atomic E-state index is 0.0791. The van der Waals surface area contributed by atoms with E-state index in [1.807, 2.05) is 16.7 Å². The number of rotatable bonds is 2. The Bertz CT molecular complexity index is 1030. The summed E-state index contributed by atoms with van der Waals surface area (Å²) in [6.45, 7) is 0.346. The van der Waals surface area contributed by atoms with Crippen molar-refractivity contribution in [3.8, 4) is 17.2 Å². The summed E-state index contributed by atoms with van der Waals surface area (Å²) in [5, 5.41) is 4.54. The molecule has 9 heteroatoms. The number of amides is 1. The highest BCUT2D eigenvalue weighted by Gasteiger charge is 2.34. The molecule has 7 nitrogen and oxygen atoms in total. The zero-order chi connectivity index (χ0) is 17.8. The molecule has 0 atom stereocenters. The smallest absolute Gasteiger partial charge is 0.286 e. The van der Waals surface area contributed by atoms with Crippen molar-refractivity contribution in [2.75, 3.05) is 11.2 Å². The molecule has 1 fully saturated rings. The number of nitrogens with zero attached hydrogens (tertiary/aromatic N) is 5. The number of hydrogen-bond donors (Lipinski definition) is 0. The summed E-state index contributed by atoms with van der Waals surface area (Å²) in [7, 11) is 0. The van der Waals surface area contributed by atoms with Gasteiger partial charge < -0.3 is 4.52 Å². The van der Waals surface area contributed by atoms with Crippen LogP contribution in [0.4, 0.5) is 10.5 Å². The molecule has 2 aliphatic rings. The van der Waals surface area contributed by atoms with E-state index in [0.717, 1.165) is 36.0 Å². The van der Waals surface area contributed by atoms with Crippen LogP contribution in [-0.2, 0) is 6.54 Å². The monoisotopic (exact) mass is 387 g/mol. The highest BCUT2D eigenvalue weighted by Crippen LogP contribution is 2.42. The van der Waals surface area contributed by atoms with E-state index in [9.17, 15) is 4.79 Å². The van der Waals surface area contributed by atoms with Gasteiger partial charge in [0.15, 0.2) is 0 Å². The first-order chi connectivity index (χ1) is 12.7. The van der Waals surface area contributed by atoms with Crippen LogP contribution in [0.15, 0.2) is 29.0 Å². The van der Waals surface area contributed by atoms with Gasteiger partial charge in [-0.05, 0) is 31.2 Å². The first-order valence-corrected chi connectivity index (χ1v) is 9.82. The second-order valence-electron chi connectivity index (χ2n) is 6.30. The molecule has 1 aliphatic heterocycles. The summed E-state index contributed by atoms with van der Waals surface area (Å²) >= 11 is 7.54. The molecule has 1 amide bonds. The molecule has 26 heavy (non-hydrogen) atoms. The maximum Gasteiger partial charge on any atom is 0.286 e. The minimum atomic E-state index is -0.0791. The van der Waals surface area contributed by atoms with Gasteiger partial charge in [-0.3, -0.25) is 14.3 Å². The van der Waals surface area contributed by atoms with Crippen molar-refractivity contribution < 1.29 is 9.32 Å². The van der Waals surface area contributed by atoms with Crippen LogP contribution in [0.5, 0.6) is 0 Å². The summed E-state index contributed by atoms with van der Waals surface area (Å²) in [6.07, 6.45) is 5.65. The summed E-state index contributed by atoms with van der Waals surface area (Å²) in [5.74, 6) is 1.50. The fourth-order valence-electron chi connectivity index (χ4n) is 3.21. The molecule has 0 spiro atoms. The summed E-state index contributed by atoms with van der Waals surface area (Å²) in [5.41, 5.74) is 2.97. The van der Waals surface area contributed by atoms with Crippen molar-refractivity contribution in [2.24, 2.45) is 0 Å². The number of benzene rings is 1. The van der Waals surface area contributed by atoms with Crippen LogP contribution in [-0.4, -0.2) is 31.2 Å². The zero-order valence-electron chi connectivity index (χ0n) is 13.8. The maximum absolute atomic E-state index is 12.5. The molecule has 0 radical (unpaired) electrons. The lowest BCUT2D eigenvalue weighted by Gasteiger charge is -2.31. The number of hydrogen-bond acceptors (Lipinski definition) is 6. The van der Waals surface area contributed by atoms with Crippen molar-refractivity contribution in [1.82, 2.24) is 19.7 Å². The highest BCUT2D eigenvalue weighted by atomic mass is 35.5. The molecule has 0 bridgehead atoms. The Morgan fingerprint density at radius 1 is 1.38 bits per heavy atom. The van der Waals surface area contributed by atoms with Gasteiger partial charge in [-0.25, -0.2) is 4.98 Å². The van der Waals surface area contributed by atoms with Crippen LogP contribution in [0, 0.1) is 0 Å². The first kappa shape index (κ1) is 15.9. The third-order valence-electron chi connectivity index (χ3n) is 4.64. The van der Waals surface area contributed by atoms with Gasteiger partial charge in [0.2, 0.25) is 11.7 Å².